The van der Waals surface area contributed by atoms with E-state index in [1.165, 1.54) is 0 Å². The number of aliphatic hydroxyl groups excluding tert-OH is 1. The summed E-state index contributed by atoms with van der Waals surface area (Å²) >= 11 is 0. The second-order valence-corrected chi connectivity index (χ2v) is 1.59. The molecule has 2 amide bonds. The lowest BCUT2D eigenvalue weighted by Gasteiger charge is -1.69. The van der Waals surface area contributed by atoms with Crippen molar-refractivity contribution < 1.29 is 14.7 Å². The van der Waals surface area contributed by atoms with Crippen molar-refractivity contribution in [2.45, 2.75) is 13.3 Å². The van der Waals surface area contributed by atoms with Gasteiger partial charge < -0.3 is 9.90 Å². The molecule has 1 N–H and O–H groups in total. The van der Waals surface area contributed by atoms with Crippen LogP contribution in [-0.2, 0) is 4.79 Å². The Labute approximate surface area is 63.5 Å². The van der Waals surface area contributed by atoms with Crippen LogP contribution in [0.15, 0.2) is 9.98 Å². The van der Waals surface area contributed by atoms with Crippen LogP contribution in [-0.4, -0.2) is 29.5 Å². The number of urea groups is 1. The lowest BCUT2D eigenvalue weighted by Crippen LogP contribution is -1.89. The predicted octanol–water partition coefficient (Wildman–Crippen LogP) is 0.743. The lowest BCUT2D eigenvalue weighted by atomic mass is 10.6. The first kappa shape index (κ1) is 9.48. The van der Waals surface area contributed by atoms with Crippen LogP contribution in [0.1, 0.15) is 13.3 Å². The fourth-order valence-corrected chi connectivity index (χ4v) is 0.269. The van der Waals surface area contributed by atoms with Crippen molar-refractivity contribution in [2.24, 2.45) is 9.98 Å². The van der Waals surface area contributed by atoms with E-state index in [1.807, 2.05) is 6.92 Å². The maximum atomic E-state index is 9.91. The highest BCUT2D eigenvalue weighted by Crippen LogP contribution is 1.87. The monoisotopic (exact) mass is 156 g/mol. The summed E-state index contributed by atoms with van der Waals surface area (Å²) in [4.78, 5) is 25.2. The fourth-order valence-electron chi connectivity index (χ4n) is 0.269. The van der Waals surface area contributed by atoms with Gasteiger partial charge in [-0.05, 0) is 0 Å². The molecule has 0 atom stereocenters. The van der Waals surface area contributed by atoms with Gasteiger partial charge in [0.05, 0.1) is 6.21 Å². The average Bonchev–Trinajstić information content (AvgIpc) is 2.35. The van der Waals surface area contributed by atoms with E-state index in [2.05, 4.69) is 9.98 Å². The normalized spacial score (nSPS) is 13.5. The van der Waals surface area contributed by atoms with E-state index in [0.717, 1.165) is 12.5 Å². The molecule has 1 rings (SSSR count). The Kier molecular flexibility index (Phi) is 4.55. The Morgan fingerprint density at radius 1 is 1.73 bits per heavy atom. The van der Waals surface area contributed by atoms with Crippen molar-refractivity contribution in [2.75, 3.05) is 0 Å². The number of nitrogens with zero attached hydrogens (tertiary/aromatic N) is 2. The molecule has 5 heteroatoms. The predicted molar refractivity (Wildman–Crippen MR) is 40.3 cm³/mol. The molecule has 11 heavy (non-hydrogen) atoms. The molecule has 0 aromatic heterocycles. The molecule has 1 aliphatic rings. The van der Waals surface area contributed by atoms with Gasteiger partial charge in [0.1, 0.15) is 6.29 Å². The second-order valence-electron chi connectivity index (χ2n) is 1.59. The summed E-state index contributed by atoms with van der Waals surface area (Å²) in [7, 11) is 0. The summed E-state index contributed by atoms with van der Waals surface area (Å²) in [6.07, 6.45) is 2.52. The zero-order valence-corrected chi connectivity index (χ0v) is 6.02. The topological polar surface area (TPSA) is 79.1 Å². The first-order valence-corrected chi connectivity index (χ1v) is 3.00. The van der Waals surface area contributed by atoms with Crippen molar-refractivity contribution in [3.8, 4) is 0 Å². The van der Waals surface area contributed by atoms with Crippen LogP contribution < -0.4 is 0 Å². The average molecular weight is 156 g/mol. The molecule has 0 saturated heterocycles. The van der Waals surface area contributed by atoms with Crippen molar-refractivity contribution in [1.29, 1.82) is 0 Å². The summed E-state index contributed by atoms with van der Waals surface area (Å²) < 4.78 is 0. The van der Waals surface area contributed by atoms with Crippen LogP contribution in [0.25, 0.3) is 0 Å². The number of aliphatic imine (C=N–C) groups is 2. The lowest BCUT2D eigenvalue weighted by molar-refractivity contribution is -0.107. The van der Waals surface area contributed by atoms with Gasteiger partial charge in [-0.25, -0.2) is 4.79 Å². The zero-order valence-electron chi connectivity index (χ0n) is 6.02. The number of aldehydes is 1. The maximum absolute atomic E-state index is 9.91. The third-order valence-corrected chi connectivity index (χ3v) is 0.667. The van der Waals surface area contributed by atoms with Gasteiger partial charge in [-0.15, -0.1) is 0 Å². The van der Waals surface area contributed by atoms with Gasteiger partial charge in [0.15, 0.2) is 0 Å². The van der Waals surface area contributed by atoms with E-state index >= 15 is 0 Å². The first-order chi connectivity index (χ1) is 5.20. The molecule has 0 bridgehead atoms. The van der Waals surface area contributed by atoms with Crippen LogP contribution >= 0.6 is 0 Å². The van der Waals surface area contributed by atoms with Gasteiger partial charge >= 0.3 is 6.03 Å². The Balaban J connectivity index is 0.000000218. The molecule has 0 saturated carbocycles. The maximum Gasteiger partial charge on any atom is 0.370 e. The third-order valence-electron chi connectivity index (χ3n) is 0.667. The van der Waals surface area contributed by atoms with Gasteiger partial charge in [-0.1, -0.05) is 6.92 Å². The molecule has 0 spiro atoms. The van der Waals surface area contributed by atoms with Crippen LogP contribution in [0.5, 0.6) is 0 Å². The van der Waals surface area contributed by atoms with Gasteiger partial charge in [-0.2, -0.15) is 9.98 Å². The Morgan fingerprint density at radius 3 is 2.36 bits per heavy atom. The molecule has 0 aliphatic carbocycles. The molecule has 0 radical (unpaired) electrons. The minimum absolute atomic E-state index is 0.315. The van der Waals surface area contributed by atoms with E-state index in [0.29, 0.717) is 6.42 Å². The number of aliphatic hydroxyl groups is 1. The standard InChI is InChI=1S/C3H2N2O2.C3H6O/c6-2-1-4-3(7)5-2;1-2-3-4/h1H,(H,5,6,7);3H,2H2,1H3. The number of rotatable bonds is 1. The van der Waals surface area contributed by atoms with Crippen molar-refractivity contribution in [3.63, 3.8) is 0 Å². The van der Waals surface area contributed by atoms with Crippen LogP contribution in [0.3, 0.4) is 0 Å². The zero-order chi connectivity index (χ0) is 8.69. The highest BCUT2D eigenvalue weighted by Gasteiger charge is 2.02. The van der Waals surface area contributed by atoms with E-state index in [1.54, 1.807) is 0 Å². The highest BCUT2D eigenvalue weighted by molar-refractivity contribution is 6.32. The summed E-state index contributed by atoms with van der Waals surface area (Å²) in [5, 5.41) is 8.28. The summed E-state index contributed by atoms with van der Waals surface area (Å²) in [5.74, 6) is -0.315. The Hall–Kier alpha value is -1.52. The molecule has 1 heterocycles. The van der Waals surface area contributed by atoms with Crippen molar-refractivity contribution in [3.05, 3.63) is 0 Å². The summed E-state index contributed by atoms with van der Waals surface area (Å²) in [6.45, 7) is 1.81. The quantitative estimate of drug-likeness (QED) is 0.568. The van der Waals surface area contributed by atoms with Crippen LogP contribution in [0, 0.1) is 0 Å². The van der Waals surface area contributed by atoms with E-state index in [-0.39, 0.29) is 5.90 Å². The molecular weight excluding hydrogens is 148 g/mol. The molecule has 0 fully saturated rings. The highest BCUT2D eigenvalue weighted by atomic mass is 16.3. The largest absolute Gasteiger partial charge is 0.492 e. The molecule has 0 aromatic rings. The third kappa shape index (κ3) is 4.95. The number of carbonyl (C=O) groups excluding carboxylic acids is 2. The molecule has 5 nitrogen and oxygen atoms in total. The van der Waals surface area contributed by atoms with E-state index in [9.17, 15) is 9.59 Å². The molecule has 0 aromatic carbocycles. The molecular formula is C6H8N2O3. The van der Waals surface area contributed by atoms with Gasteiger partial charge in [0, 0.05) is 6.42 Å². The van der Waals surface area contributed by atoms with Crippen molar-refractivity contribution >= 4 is 24.4 Å². The van der Waals surface area contributed by atoms with Gasteiger partial charge in [-0.3, -0.25) is 0 Å². The number of hydrogen-bond acceptors (Lipinski definition) is 2. The van der Waals surface area contributed by atoms with Crippen LogP contribution in [0.2, 0.25) is 0 Å². The Bertz CT molecular complexity index is 208. The minimum atomic E-state index is -0.641. The van der Waals surface area contributed by atoms with Crippen LogP contribution in [0.4, 0.5) is 4.79 Å². The SMILES string of the molecule is CCC=O.O=C1N=CC(O)=N1. The van der Waals surface area contributed by atoms with E-state index < -0.39 is 6.03 Å². The first-order valence-electron chi connectivity index (χ1n) is 3.00. The number of hydrogen-bond donors (Lipinski definition) is 1. The molecule has 0 unspecified atom stereocenters. The fraction of sp³-hybridized carbons (Fsp3) is 0.333. The smallest absolute Gasteiger partial charge is 0.370 e. The Morgan fingerprint density at radius 2 is 2.27 bits per heavy atom. The minimum Gasteiger partial charge on any atom is -0.492 e. The van der Waals surface area contributed by atoms with Gasteiger partial charge in [0.25, 0.3) is 0 Å². The van der Waals surface area contributed by atoms with Crippen molar-refractivity contribution in [1.82, 2.24) is 0 Å². The molecule has 60 valence electrons. The number of amides is 2. The molecule has 1 aliphatic heterocycles. The van der Waals surface area contributed by atoms with E-state index in [4.69, 9.17) is 5.11 Å². The summed E-state index contributed by atoms with van der Waals surface area (Å²) in [6, 6.07) is -0.641. The summed E-state index contributed by atoms with van der Waals surface area (Å²) in [5.41, 5.74) is 0. The second kappa shape index (κ2) is 5.28. The van der Waals surface area contributed by atoms with Gasteiger partial charge in [0.2, 0.25) is 5.90 Å². The number of carbonyl (C=O) groups is 2.